The molecule has 0 saturated carbocycles. The van der Waals surface area contributed by atoms with Gasteiger partial charge >= 0.3 is 5.97 Å². The van der Waals surface area contributed by atoms with Gasteiger partial charge in [0.05, 0.1) is 12.7 Å². The molecule has 0 unspecified atom stereocenters. The zero-order valence-electron chi connectivity index (χ0n) is 15.6. The molecule has 6 nitrogen and oxygen atoms in total. The molecule has 2 aromatic carbocycles. The van der Waals surface area contributed by atoms with Crippen LogP contribution in [0.1, 0.15) is 21.6 Å². The van der Waals surface area contributed by atoms with Crippen LogP contribution in [0.25, 0.3) is 0 Å². The van der Waals surface area contributed by atoms with Gasteiger partial charge in [0.15, 0.2) is 0 Å². The zero-order valence-corrected chi connectivity index (χ0v) is 15.6. The summed E-state index contributed by atoms with van der Waals surface area (Å²) in [6, 6.07) is 19.2. The summed E-state index contributed by atoms with van der Waals surface area (Å²) in [5, 5.41) is 3.24. The molecule has 1 aromatic heterocycles. The van der Waals surface area contributed by atoms with Crippen molar-refractivity contribution in [3.05, 3.63) is 77.5 Å². The number of esters is 1. The van der Waals surface area contributed by atoms with Crippen molar-refractivity contribution in [1.29, 1.82) is 0 Å². The van der Waals surface area contributed by atoms with E-state index in [0.717, 1.165) is 11.4 Å². The van der Waals surface area contributed by atoms with Gasteiger partial charge in [0.25, 0.3) is 0 Å². The summed E-state index contributed by atoms with van der Waals surface area (Å²) in [5.74, 6) is 0.922. The monoisotopic (exact) mass is 362 g/mol. The van der Waals surface area contributed by atoms with E-state index in [9.17, 15) is 4.79 Å². The van der Waals surface area contributed by atoms with Crippen LogP contribution in [0.3, 0.4) is 0 Å². The number of nitrogens with one attached hydrogen (secondary N) is 1. The Balaban J connectivity index is 1.80. The second kappa shape index (κ2) is 8.31. The van der Waals surface area contributed by atoms with Gasteiger partial charge in [0.2, 0.25) is 5.95 Å². The highest BCUT2D eigenvalue weighted by Gasteiger charge is 2.10. The van der Waals surface area contributed by atoms with Gasteiger partial charge in [-0.2, -0.15) is 4.98 Å². The first-order chi connectivity index (χ1) is 13.0. The number of aryl methyl sites for hydroxylation is 1. The van der Waals surface area contributed by atoms with E-state index >= 15 is 0 Å². The van der Waals surface area contributed by atoms with E-state index in [-0.39, 0.29) is 5.97 Å². The van der Waals surface area contributed by atoms with Crippen molar-refractivity contribution in [2.75, 3.05) is 24.4 Å². The first-order valence-electron chi connectivity index (χ1n) is 8.61. The van der Waals surface area contributed by atoms with Crippen molar-refractivity contribution in [3.63, 3.8) is 0 Å². The Labute approximate surface area is 158 Å². The molecule has 3 aromatic rings. The molecule has 0 bridgehead atoms. The SMILES string of the molecule is COC(=O)c1cccc(Nc2cc(C)nc(N(C)Cc3ccccc3)n2)c1. The van der Waals surface area contributed by atoms with Crippen LogP contribution in [0.2, 0.25) is 0 Å². The molecule has 0 radical (unpaired) electrons. The van der Waals surface area contributed by atoms with Gasteiger partial charge in [-0.1, -0.05) is 36.4 Å². The van der Waals surface area contributed by atoms with Crippen molar-refractivity contribution in [3.8, 4) is 0 Å². The smallest absolute Gasteiger partial charge is 0.337 e. The first-order valence-corrected chi connectivity index (χ1v) is 8.61. The number of aromatic nitrogens is 2. The number of anilines is 3. The average Bonchev–Trinajstić information content (AvgIpc) is 2.68. The molecular weight excluding hydrogens is 340 g/mol. The normalized spacial score (nSPS) is 10.3. The standard InChI is InChI=1S/C21H22N4O2/c1-15-12-19(23-18-11-7-10-17(13-18)20(26)27-3)24-21(22-15)25(2)14-16-8-5-4-6-9-16/h4-13H,14H2,1-3H3,(H,22,23,24). The number of ether oxygens (including phenoxy) is 1. The van der Waals surface area contributed by atoms with Crippen LogP contribution in [0.5, 0.6) is 0 Å². The second-order valence-electron chi connectivity index (χ2n) is 6.23. The minimum atomic E-state index is -0.374. The molecule has 0 saturated heterocycles. The molecule has 3 rings (SSSR count). The lowest BCUT2D eigenvalue weighted by molar-refractivity contribution is 0.0601. The minimum absolute atomic E-state index is 0.374. The Kier molecular flexibility index (Phi) is 5.66. The van der Waals surface area contributed by atoms with Crippen molar-refractivity contribution in [2.45, 2.75) is 13.5 Å². The quantitative estimate of drug-likeness (QED) is 0.670. The van der Waals surface area contributed by atoms with E-state index < -0.39 is 0 Å². The lowest BCUT2D eigenvalue weighted by Crippen LogP contribution is -2.19. The van der Waals surface area contributed by atoms with Crippen LogP contribution < -0.4 is 10.2 Å². The highest BCUT2D eigenvalue weighted by molar-refractivity contribution is 5.90. The molecule has 0 spiro atoms. The highest BCUT2D eigenvalue weighted by Crippen LogP contribution is 2.20. The number of hydrogen-bond acceptors (Lipinski definition) is 6. The van der Waals surface area contributed by atoms with Crippen molar-refractivity contribution < 1.29 is 9.53 Å². The number of nitrogens with zero attached hydrogens (tertiary/aromatic N) is 3. The molecule has 0 atom stereocenters. The van der Waals surface area contributed by atoms with Gasteiger partial charge < -0.3 is 15.0 Å². The summed E-state index contributed by atoms with van der Waals surface area (Å²) in [5.41, 5.74) is 3.28. The maximum Gasteiger partial charge on any atom is 0.337 e. The van der Waals surface area contributed by atoms with Crippen molar-refractivity contribution >= 4 is 23.4 Å². The number of carbonyl (C=O) groups is 1. The van der Waals surface area contributed by atoms with Gasteiger partial charge in [0.1, 0.15) is 5.82 Å². The molecule has 0 aliphatic carbocycles. The molecule has 0 fully saturated rings. The lowest BCUT2D eigenvalue weighted by atomic mass is 10.2. The van der Waals surface area contributed by atoms with Gasteiger partial charge in [-0.25, -0.2) is 9.78 Å². The Morgan fingerprint density at radius 2 is 1.85 bits per heavy atom. The first kappa shape index (κ1) is 18.4. The number of methoxy groups -OCH3 is 1. The predicted octanol–water partition coefficient (Wildman–Crippen LogP) is 3.95. The van der Waals surface area contributed by atoms with Gasteiger partial charge in [-0.05, 0) is 30.7 Å². The Morgan fingerprint density at radius 3 is 2.59 bits per heavy atom. The molecule has 6 heteroatoms. The Morgan fingerprint density at radius 1 is 1.07 bits per heavy atom. The summed E-state index contributed by atoms with van der Waals surface area (Å²) < 4.78 is 4.77. The molecule has 1 heterocycles. The average molecular weight is 362 g/mol. The number of rotatable bonds is 6. The van der Waals surface area contributed by atoms with Gasteiger partial charge in [-0.15, -0.1) is 0 Å². The molecule has 1 N–H and O–H groups in total. The summed E-state index contributed by atoms with van der Waals surface area (Å²) in [7, 11) is 3.33. The highest BCUT2D eigenvalue weighted by atomic mass is 16.5. The van der Waals surface area contributed by atoms with Crippen LogP contribution in [0.15, 0.2) is 60.7 Å². The predicted molar refractivity (Wildman–Crippen MR) is 106 cm³/mol. The third-order valence-electron chi connectivity index (χ3n) is 4.00. The number of benzene rings is 2. The third kappa shape index (κ3) is 4.82. The van der Waals surface area contributed by atoms with Crippen LogP contribution in [0.4, 0.5) is 17.5 Å². The van der Waals surface area contributed by atoms with E-state index in [1.165, 1.54) is 12.7 Å². The summed E-state index contributed by atoms with van der Waals surface area (Å²) in [6.45, 7) is 2.64. The van der Waals surface area contributed by atoms with Crippen LogP contribution >= 0.6 is 0 Å². The van der Waals surface area contributed by atoms with E-state index in [0.29, 0.717) is 23.9 Å². The molecule has 0 aliphatic heterocycles. The van der Waals surface area contributed by atoms with Crippen molar-refractivity contribution in [1.82, 2.24) is 9.97 Å². The largest absolute Gasteiger partial charge is 0.465 e. The number of carbonyl (C=O) groups excluding carboxylic acids is 1. The summed E-state index contributed by atoms with van der Waals surface area (Å²) >= 11 is 0. The maximum atomic E-state index is 11.7. The maximum absolute atomic E-state index is 11.7. The Hall–Kier alpha value is -3.41. The van der Waals surface area contributed by atoms with Gasteiger partial charge in [0, 0.05) is 31.0 Å². The fraction of sp³-hybridized carbons (Fsp3) is 0.190. The van der Waals surface area contributed by atoms with E-state index in [4.69, 9.17) is 4.74 Å². The third-order valence-corrected chi connectivity index (χ3v) is 4.00. The minimum Gasteiger partial charge on any atom is -0.465 e. The van der Waals surface area contributed by atoms with Crippen LogP contribution in [-0.2, 0) is 11.3 Å². The molecular formula is C21H22N4O2. The van der Waals surface area contributed by atoms with E-state index in [1.807, 2.05) is 49.2 Å². The summed E-state index contributed by atoms with van der Waals surface area (Å²) in [6.07, 6.45) is 0. The summed E-state index contributed by atoms with van der Waals surface area (Å²) in [4.78, 5) is 22.8. The molecule has 0 aliphatic rings. The fourth-order valence-corrected chi connectivity index (χ4v) is 2.71. The fourth-order valence-electron chi connectivity index (χ4n) is 2.71. The van der Waals surface area contributed by atoms with Crippen LogP contribution in [-0.4, -0.2) is 30.1 Å². The second-order valence-corrected chi connectivity index (χ2v) is 6.23. The molecule has 0 amide bonds. The van der Waals surface area contributed by atoms with Crippen LogP contribution in [0, 0.1) is 6.92 Å². The molecule has 138 valence electrons. The van der Waals surface area contributed by atoms with E-state index in [2.05, 4.69) is 27.4 Å². The van der Waals surface area contributed by atoms with Crippen molar-refractivity contribution in [2.24, 2.45) is 0 Å². The zero-order chi connectivity index (χ0) is 19.2. The lowest BCUT2D eigenvalue weighted by Gasteiger charge is -2.18. The van der Waals surface area contributed by atoms with Gasteiger partial charge in [-0.3, -0.25) is 0 Å². The Bertz CT molecular complexity index is 928. The molecule has 27 heavy (non-hydrogen) atoms. The topological polar surface area (TPSA) is 67.3 Å². The number of hydrogen-bond donors (Lipinski definition) is 1. The van der Waals surface area contributed by atoms with E-state index in [1.54, 1.807) is 18.2 Å².